The Hall–Kier alpha value is -0.280. The fourth-order valence-corrected chi connectivity index (χ4v) is 1.54. The van der Waals surface area contributed by atoms with E-state index in [9.17, 15) is 12.8 Å². The molecule has 0 saturated carbocycles. The predicted octanol–water partition coefficient (Wildman–Crippen LogP) is 0.473. The summed E-state index contributed by atoms with van der Waals surface area (Å²) in [6, 6.07) is 2.45. The zero-order valence-corrected chi connectivity index (χ0v) is 8.63. The van der Waals surface area contributed by atoms with Gasteiger partial charge < -0.3 is 0 Å². The standard InChI is InChI=1S/C5H4FIN2O2S/c6-5-3(12(8,10)11)1-2-4(7)9-5/h1-2H,(H2,8,10,11). The molecule has 0 fully saturated rings. The highest BCUT2D eigenvalue weighted by molar-refractivity contribution is 14.1. The van der Waals surface area contributed by atoms with Crippen LogP contribution in [0.2, 0.25) is 0 Å². The van der Waals surface area contributed by atoms with Gasteiger partial charge in [-0.1, -0.05) is 0 Å². The van der Waals surface area contributed by atoms with E-state index in [-0.39, 0.29) is 0 Å². The van der Waals surface area contributed by atoms with Crippen molar-refractivity contribution in [3.05, 3.63) is 21.8 Å². The van der Waals surface area contributed by atoms with E-state index >= 15 is 0 Å². The van der Waals surface area contributed by atoms with Crippen LogP contribution in [0.1, 0.15) is 0 Å². The van der Waals surface area contributed by atoms with Crippen molar-refractivity contribution in [3.63, 3.8) is 0 Å². The molecule has 0 aliphatic rings. The summed E-state index contributed by atoms with van der Waals surface area (Å²) in [5.74, 6) is -1.07. The second-order valence-electron chi connectivity index (χ2n) is 1.97. The molecule has 4 nitrogen and oxygen atoms in total. The van der Waals surface area contributed by atoms with Crippen LogP contribution in [-0.2, 0) is 10.0 Å². The molecular weight excluding hydrogens is 298 g/mol. The molecule has 0 radical (unpaired) electrons. The molecule has 0 aliphatic heterocycles. The molecule has 1 aromatic rings. The van der Waals surface area contributed by atoms with Crippen LogP contribution >= 0.6 is 22.6 Å². The number of nitrogens with zero attached hydrogens (tertiary/aromatic N) is 1. The number of primary sulfonamides is 1. The van der Waals surface area contributed by atoms with E-state index in [1.807, 2.05) is 0 Å². The second kappa shape index (κ2) is 3.23. The molecule has 0 amide bonds. The minimum atomic E-state index is -3.99. The average Bonchev–Trinajstić information content (AvgIpc) is 1.83. The molecule has 0 aromatic carbocycles. The summed E-state index contributed by atoms with van der Waals surface area (Å²) in [6.45, 7) is 0. The van der Waals surface area contributed by atoms with E-state index in [1.165, 1.54) is 6.07 Å². The monoisotopic (exact) mass is 302 g/mol. The quantitative estimate of drug-likeness (QED) is 0.605. The lowest BCUT2D eigenvalue weighted by atomic mass is 10.5. The Balaban J connectivity index is 3.39. The normalized spacial score (nSPS) is 11.6. The molecule has 1 heterocycles. The first-order valence-electron chi connectivity index (χ1n) is 2.76. The van der Waals surface area contributed by atoms with Crippen LogP contribution in [0.25, 0.3) is 0 Å². The number of rotatable bonds is 1. The van der Waals surface area contributed by atoms with Crippen LogP contribution < -0.4 is 5.14 Å². The Kier molecular flexibility index (Phi) is 2.64. The van der Waals surface area contributed by atoms with Gasteiger partial charge in [0.25, 0.3) is 0 Å². The van der Waals surface area contributed by atoms with Gasteiger partial charge in [-0.2, -0.15) is 4.39 Å². The maximum absolute atomic E-state index is 12.8. The molecule has 2 N–H and O–H groups in total. The van der Waals surface area contributed by atoms with Crippen molar-refractivity contribution in [1.82, 2.24) is 4.98 Å². The lowest BCUT2D eigenvalue weighted by Crippen LogP contribution is -2.14. The van der Waals surface area contributed by atoms with Gasteiger partial charge in [-0.15, -0.1) is 0 Å². The largest absolute Gasteiger partial charge is 0.242 e. The third-order valence-electron chi connectivity index (χ3n) is 1.09. The van der Waals surface area contributed by atoms with Crippen LogP contribution in [-0.4, -0.2) is 13.4 Å². The average molecular weight is 302 g/mol. The van der Waals surface area contributed by atoms with Crippen LogP contribution in [0, 0.1) is 9.65 Å². The Morgan fingerprint density at radius 2 is 2.08 bits per heavy atom. The summed E-state index contributed by atoms with van der Waals surface area (Å²) in [4.78, 5) is 2.72. The van der Waals surface area contributed by atoms with Crippen molar-refractivity contribution in [2.75, 3.05) is 0 Å². The van der Waals surface area contributed by atoms with Gasteiger partial charge in [0.1, 0.15) is 8.60 Å². The molecule has 0 aliphatic carbocycles. The first-order chi connectivity index (χ1) is 5.41. The Morgan fingerprint density at radius 1 is 1.50 bits per heavy atom. The summed E-state index contributed by atoms with van der Waals surface area (Å²) in [5.41, 5.74) is 0. The number of hydrogen-bond donors (Lipinski definition) is 1. The maximum Gasteiger partial charge on any atom is 0.242 e. The van der Waals surface area contributed by atoms with E-state index in [1.54, 1.807) is 22.6 Å². The third kappa shape index (κ3) is 2.11. The minimum absolute atomic E-state index is 0.373. The summed E-state index contributed by atoms with van der Waals surface area (Å²) < 4.78 is 34.5. The van der Waals surface area contributed by atoms with Crippen LogP contribution in [0.15, 0.2) is 17.0 Å². The summed E-state index contributed by atoms with van der Waals surface area (Å²) in [7, 11) is -3.99. The van der Waals surface area contributed by atoms with Crippen molar-refractivity contribution < 1.29 is 12.8 Å². The molecule has 66 valence electrons. The molecule has 0 atom stereocenters. The fourth-order valence-electron chi connectivity index (χ4n) is 0.612. The lowest BCUT2D eigenvalue weighted by Gasteiger charge is -1.98. The van der Waals surface area contributed by atoms with E-state index in [2.05, 4.69) is 4.98 Å². The topological polar surface area (TPSA) is 73.1 Å². The molecule has 12 heavy (non-hydrogen) atoms. The molecule has 0 bridgehead atoms. The van der Waals surface area contributed by atoms with Crippen LogP contribution in [0.3, 0.4) is 0 Å². The molecular formula is C5H4FIN2O2S. The number of pyridine rings is 1. The molecule has 0 spiro atoms. The zero-order valence-electron chi connectivity index (χ0n) is 5.66. The lowest BCUT2D eigenvalue weighted by molar-refractivity contribution is 0.536. The first kappa shape index (κ1) is 9.81. The summed E-state index contributed by atoms with van der Waals surface area (Å²) in [6.07, 6.45) is 0. The SMILES string of the molecule is NS(=O)(=O)c1ccc(I)nc1F. The van der Waals surface area contributed by atoms with E-state index in [4.69, 9.17) is 5.14 Å². The molecule has 1 aromatic heterocycles. The van der Waals surface area contributed by atoms with Crippen LogP contribution in [0.5, 0.6) is 0 Å². The number of aromatic nitrogens is 1. The van der Waals surface area contributed by atoms with Gasteiger partial charge in [0.2, 0.25) is 16.0 Å². The van der Waals surface area contributed by atoms with Crippen LogP contribution in [0.4, 0.5) is 4.39 Å². The molecule has 0 saturated heterocycles. The highest BCUT2D eigenvalue weighted by Gasteiger charge is 2.14. The predicted molar refractivity (Wildman–Crippen MR) is 48.3 cm³/mol. The molecule has 0 unspecified atom stereocenters. The first-order valence-corrected chi connectivity index (χ1v) is 5.38. The van der Waals surface area contributed by atoms with Gasteiger partial charge in [-0.3, -0.25) is 0 Å². The number of halogens is 2. The van der Waals surface area contributed by atoms with Gasteiger partial charge in [0.05, 0.1) is 0 Å². The van der Waals surface area contributed by atoms with Gasteiger partial charge in [-0.05, 0) is 34.7 Å². The minimum Gasteiger partial charge on any atom is -0.224 e. The Morgan fingerprint density at radius 3 is 2.50 bits per heavy atom. The van der Waals surface area contributed by atoms with E-state index in [0.717, 1.165) is 6.07 Å². The molecule has 1 rings (SSSR count). The van der Waals surface area contributed by atoms with Gasteiger partial charge in [0, 0.05) is 0 Å². The smallest absolute Gasteiger partial charge is 0.224 e. The van der Waals surface area contributed by atoms with E-state index < -0.39 is 20.9 Å². The van der Waals surface area contributed by atoms with Crippen molar-refractivity contribution >= 4 is 32.6 Å². The fraction of sp³-hybridized carbons (Fsp3) is 0. The second-order valence-corrected chi connectivity index (χ2v) is 4.60. The van der Waals surface area contributed by atoms with Crippen molar-refractivity contribution in [2.24, 2.45) is 5.14 Å². The van der Waals surface area contributed by atoms with Crippen molar-refractivity contribution in [3.8, 4) is 0 Å². The summed E-state index contributed by atoms with van der Waals surface area (Å²) in [5, 5.41) is 4.70. The van der Waals surface area contributed by atoms with Gasteiger partial charge >= 0.3 is 0 Å². The van der Waals surface area contributed by atoms with Crippen molar-refractivity contribution in [1.29, 1.82) is 0 Å². The highest BCUT2D eigenvalue weighted by Crippen LogP contribution is 2.11. The maximum atomic E-state index is 12.8. The Bertz CT molecular complexity index is 406. The number of nitrogens with two attached hydrogens (primary N) is 1. The van der Waals surface area contributed by atoms with E-state index in [0.29, 0.717) is 3.70 Å². The zero-order chi connectivity index (χ0) is 9.35. The van der Waals surface area contributed by atoms with Gasteiger partial charge in [0.15, 0.2) is 0 Å². The van der Waals surface area contributed by atoms with Gasteiger partial charge in [-0.25, -0.2) is 18.5 Å². The summed E-state index contributed by atoms with van der Waals surface area (Å²) >= 11 is 1.76. The third-order valence-corrected chi connectivity index (χ3v) is 2.61. The number of hydrogen-bond acceptors (Lipinski definition) is 3. The Labute approximate surface area is 82.2 Å². The van der Waals surface area contributed by atoms with Crippen molar-refractivity contribution in [2.45, 2.75) is 4.90 Å². The molecule has 7 heteroatoms. The number of sulfonamides is 1. The highest BCUT2D eigenvalue weighted by atomic mass is 127.